The Morgan fingerprint density at radius 3 is 2.92 bits per heavy atom. The molecule has 1 aliphatic carbocycles. The summed E-state index contributed by atoms with van der Waals surface area (Å²) in [5, 5.41) is 0. The zero-order valence-electron chi connectivity index (χ0n) is 7.46. The first-order valence-corrected chi connectivity index (χ1v) is 4.52. The highest BCUT2D eigenvalue weighted by atomic mass is 15.1. The molecule has 0 atom stereocenters. The Labute approximate surface area is 74.0 Å². The fourth-order valence-electron chi connectivity index (χ4n) is 1.44. The van der Waals surface area contributed by atoms with Crippen LogP contribution in [0.1, 0.15) is 18.4 Å². The van der Waals surface area contributed by atoms with Gasteiger partial charge in [0.1, 0.15) is 0 Å². The monoisotopic (exact) mass is 160 g/mol. The van der Waals surface area contributed by atoms with Crippen molar-refractivity contribution in [2.75, 3.05) is 7.05 Å². The van der Waals surface area contributed by atoms with E-state index >= 15 is 0 Å². The van der Waals surface area contributed by atoms with Crippen LogP contribution in [0.5, 0.6) is 0 Å². The lowest BCUT2D eigenvalue weighted by Gasteiger charge is -2.14. The molecular weight excluding hydrogens is 146 g/mol. The number of nitrogens with zero attached hydrogens (tertiary/aromatic N) is 1. The van der Waals surface area contributed by atoms with Crippen LogP contribution < -0.4 is 0 Å². The molecule has 0 amide bonds. The second-order valence-corrected chi connectivity index (χ2v) is 3.53. The van der Waals surface area contributed by atoms with Crippen LogP contribution in [0.2, 0.25) is 0 Å². The molecular formula is C11H14N. The Bertz CT molecular complexity index is 238. The summed E-state index contributed by atoms with van der Waals surface area (Å²) in [4.78, 5) is 2.41. The van der Waals surface area contributed by atoms with E-state index in [0.29, 0.717) is 0 Å². The van der Waals surface area contributed by atoms with Gasteiger partial charge in [0.05, 0.1) is 0 Å². The van der Waals surface area contributed by atoms with Gasteiger partial charge in [0.15, 0.2) is 0 Å². The molecule has 1 saturated carbocycles. The standard InChI is InChI=1S/C11H14N/c1-12(11-7-8-11)9-10-5-3-2-4-6-10/h2-5,11H,7-9H2,1H3. The molecule has 1 radical (unpaired) electrons. The molecule has 0 aromatic heterocycles. The van der Waals surface area contributed by atoms with Crippen LogP contribution in [0.25, 0.3) is 0 Å². The van der Waals surface area contributed by atoms with Crippen molar-refractivity contribution in [2.45, 2.75) is 25.4 Å². The quantitative estimate of drug-likeness (QED) is 0.654. The van der Waals surface area contributed by atoms with Crippen molar-refractivity contribution in [3.05, 3.63) is 35.9 Å². The van der Waals surface area contributed by atoms with Gasteiger partial charge >= 0.3 is 0 Å². The van der Waals surface area contributed by atoms with Crippen LogP contribution in [0.15, 0.2) is 24.3 Å². The Balaban J connectivity index is 1.94. The van der Waals surface area contributed by atoms with Crippen molar-refractivity contribution in [3.8, 4) is 0 Å². The third-order valence-corrected chi connectivity index (χ3v) is 2.36. The van der Waals surface area contributed by atoms with Crippen LogP contribution in [0.3, 0.4) is 0 Å². The fourth-order valence-corrected chi connectivity index (χ4v) is 1.44. The van der Waals surface area contributed by atoms with Gasteiger partial charge in [-0.05, 0) is 31.5 Å². The molecule has 1 aromatic carbocycles. The predicted molar refractivity (Wildman–Crippen MR) is 49.8 cm³/mol. The zero-order valence-corrected chi connectivity index (χ0v) is 7.46. The van der Waals surface area contributed by atoms with Crippen molar-refractivity contribution in [1.29, 1.82) is 0 Å². The van der Waals surface area contributed by atoms with Gasteiger partial charge in [-0.1, -0.05) is 24.3 Å². The molecule has 0 spiro atoms. The maximum Gasteiger partial charge on any atom is 0.0239 e. The zero-order chi connectivity index (χ0) is 8.39. The van der Waals surface area contributed by atoms with E-state index in [4.69, 9.17) is 0 Å². The first kappa shape index (κ1) is 7.81. The Morgan fingerprint density at radius 1 is 1.50 bits per heavy atom. The predicted octanol–water partition coefficient (Wildman–Crippen LogP) is 2.08. The minimum absolute atomic E-state index is 0.846. The Hall–Kier alpha value is -0.820. The van der Waals surface area contributed by atoms with E-state index in [1.165, 1.54) is 18.4 Å². The highest BCUT2D eigenvalue weighted by Crippen LogP contribution is 2.26. The molecule has 0 aliphatic heterocycles. The summed E-state index contributed by atoms with van der Waals surface area (Å²) in [6, 6.07) is 12.3. The van der Waals surface area contributed by atoms with Crippen LogP contribution >= 0.6 is 0 Å². The summed E-state index contributed by atoms with van der Waals surface area (Å²) in [6.07, 6.45) is 2.76. The Morgan fingerprint density at radius 2 is 2.33 bits per heavy atom. The first-order valence-electron chi connectivity index (χ1n) is 4.52. The van der Waals surface area contributed by atoms with Crippen LogP contribution in [-0.2, 0) is 6.54 Å². The lowest BCUT2D eigenvalue weighted by molar-refractivity contribution is 0.316. The van der Waals surface area contributed by atoms with E-state index in [1.807, 2.05) is 12.1 Å². The maximum absolute atomic E-state index is 3.24. The average molecular weight is 160 g/mol. The molecule has 1 aliphatic rings. The normalized spacial score (nSPS) is 16.8. The van der Waals surface area contributed by atoms with Gasteiger partial charge in [-0.25, -0.2) is 0 Å². The van der Waals surface area contributed by atoms with Crippen molar-refractivity contribution < 1.29 is 0 Å². The molecule has 2 rings (SSSR count). The minimum Gasteiger partial charge on any atom is -0.299 e. The van der Waals surface area contributed by atoms with E-state index in [0.717, 1.165) is 12.6 Å². The summed E-state index contributed by atoms with van der Waals surface area (Å²) in [5.41, 5.74) is 1.30. The smallest absolute Gasteiger partial charge is 0.0239 e. The summed E-state index contributed by atoms with van der Waals surface area (Å²) in [6.45, 7) is 1.05. The molecule has 1 heteroatoms. The van der Waals surface area contributed by atoms with E-state index in [2.05, 4.69) is 30.1 Å². The third-order valence-electron chi connectivity index (χ3n) is 2.36. The molecule has 0 unspecified atom stereocenters. The second-order valence-electron chi connectivity index (χ2n) is 3.53. The topological polar surface area (TPSA) is 3.24 Å². The largest absolute Gasteiger partial charge is 0.299 e. The molecule has 1 fully saturated rings. The molecule has 0 bridgehead atoms. The molecule has 63 valence electrons. The number of hydrogen-bond donors (Lipinski definition) is 0. The number of benzene rings is 1. The van der Waals surface area contributed by atoms with Gasteiger partial charge in [-0.3, -0.25) is 4.90 Å². The van der Waals surface area contributed by atoms with Gasteiger partial charge in [-0.15, -0.1) is 0 Å². The molecule has 0 saturated heterocycles. The van der Waals surface area contributed by atoms with Crippen LogP contribution in [-0.4, -0.2) is 18.0 Å². The second kappa shape index (κ2) is 3.28. The Kier molecular flexibility index (Phi) is 2.13. The van der Waals surface area contributed by atoms with Crippen LogP contribution in [0, 0.1) is 6.07 Å². The van der Waals surface area contributed by atoms with E-state index in [1.54, 1.807) is 0 Å². The number of rotatable bonds is 3. The molecule has 12 heavy (non-hydrogen) atoms. The summed E-state index contributed by atoms with van der Waals surface area (Å²) >= 11 is 0. The average Bonchev–Trinajstić information content (AvgIpc) is 2.88. The van der Waals surface area contributed by atoms with Crippen molar-refractivity contribution in [2.24, 2.45) is 0 Å². The molecule has 0 heterocycles. The van der Waals surface area contributed by atoms with Gasteiger partial charge in [0.25, 0.3) is 0 Å². The lowest BCUT2D eigenvalue weighted by Crippen LogP contribution is -2.19. The van der Waals surface area contributed by atoms with Crippen molar-refractivity contribution in [1.82, 2.24) is 4.90 Å². The van der Waals surface area contributed by atoms with Crippen LogP contribution in [0.4, 0.5) is 0 Å². The van der Waals surface area contributed by atoms with E-state index in [9.17, 15) is 0 Å². The highest BCUT2D eigenvalue weighted by molar-refractivity contribution is 5.13. The van der Waals surface area contributed by atoms with Gasteiger partial charge < -0.3 is 0 Å². The van der Waals surface area contributed by atoms with E-state index < -0.39 is 0 Å². The van der Waals surface area contributed by atoms with Crippen molar-refractivity contribution in [3.63, 3.8) is 0 Å². The van der Waals surface area contributed by atoms with Gasteiger partial charge in [0, 0.05) is 12.6 Å². The fraction of sp³-hybridized carbons (Fsp3) is 0.455. The van der Waals surface area contributed by atoms with E-state index in [-0.39, 0.29) is 0 Å². The minimum atomic E-state index is 0.846. The third kappa shape index (κ3) is 1.86. The molecule has 0 N–H and O–H groups in total. The van der Waals surface area contributed by atoms with Gasteiger partial charge in [0.2, 0.25) is 0 Å². The molecule has 1 nitrogen and oxygen atoms in total. The lowest BCUT2D eigenvalue weighted by atomic mass is 10.2. The summed E-state index contributed by atoms with van der Waals surface area (Å²) in [7, 11) is 2.19. The highest BCUT2D eigenvalue weighted by Gasteiger charge is 2.25. The number of hydrogen-bond acceptors (Lipinski definition) is 1. The SMILES string of the molecule is CN(Cc1[c]cccc1)C1CC1. The van der Waals surface area contributed by atoms with Crippen molar-refractivity contribution >= 4 is 0 Å². The summed E-state index contributed by atoms with van der Waals surface area (Å²) < 4.78 is 0. The van der Waals surface area contributed by atoms with Gasteiger partial charge in [-0.2, -0.15) is 0 Å². The summed E-state index contributed by atoms with van der Waals surface area (Å²) in [5.74, 6) is 0. The molecule has 1 aromatic rings. The first-order chi connectivity index (χ1) is 5.86. The maximum atomic E-state index is 3.24.